The summed E-state index contributed by atoms with van der Waals surface area (Å²) < 4.78 is 13.0. The Bertz CT molecular complexity index is 406. The molecular weight excluding hydrogens is 217 g/mol. The van der Waals surface area contributed by atoms with Crippen molar-refractivity contribution in [3.05, 3.63) is 40.7 Å². The average Bonchev–Trinajstić information content (AvgIpc) is 2.22. The number of aliphatic hydroxyl groups excluding tert-OH is 1. The van der Waals surface area contributed by atoms with Crippen molar-refractivity contribution in [3.63, 3.8) is 0 Å². The van der Waals surface area contributed by atoms with Crippen LogP contribution in [0.5, 0.6) is 0 Å². The predicted octanol–water partition coefficient (Wildman–Crippen LogP) is 1.83. The lowest BCUT2D eigenvalue weighted by molar-refractivity contribution is 0.217. The lowest BCUT2D eigenvalue weighted by Crippen LogP contribution is -2.31. The number of aliphatic hydroxyl groups is 1. The van der Waals surface area contributed by atoms with E-state index in [0.29, 0.717) is 23.7 Å². The second-order valence-electron chi connectivity index (χ2n) is 3.51. The molecule has 2 rings (SSSR count). The molecule has 1 unspecified atom stereocenters. The second kappa shape index (κ2) is 4.31. The molecule has 0 saturated carbocycles. The van der Waals surface area contributed by atoms with Crippen LogP contribution in [0.4, 0.5) is 4.39 Å². The van der Waals surface area contributed by atoms with Crippen molar-refractivity contribution in [2.24, 2.45) is 0 Å². The largest absolute Gasteiger partial charge is 0.388 e. The summed E-state index contributed by atoms with van der Waals surface area (Å²) in [6, 6.07) is 4.22. The van der Waals surface area contributed by atoms with Gasteiger partial charge in [0, 0.05) is 23.7 Å². The van der Waals surface area contributed by atoms with E-state index in [1.165, 1.54) is 18.2 Å². The van der Waals surface area contributed by atoms with Gasteiger partial charge in [-0.2, -0.15) is 0 Å². The first-order valence-corrected chi connectivity index (χ1v) is 5.09. The fourth-order valence-electron chi connectivity index (χ4n) is 1.63. The van der Waals surface area contributed by atoms with Crippen molar-refractivity contribution in [2.75, 3.05) is 13.1 Å². The number of halogens is 2. The van der Waals surface area contributed by atoms with Crippen LogP contribution in [-0.2, 0) is 0 Å². The highest BCUT2D eigenvalue weighted by Gasteiger charge is 2.14. The van der Waals surface area contributed by atoms with Gasteiger partial charge in [-0.3, -0.25) is 0 Å². The topological polar surface area (TPSA) is 32.3 Å². The minimum Gasteiger partial charge on any atom is -0.388 e. The molecule has 1 atom stereocenters. The first-order valence-electron chi connectivity index (χ1n) is 4.72. The number of benzene rings is 1. The molecule has 15 heavy (non-hydrogen) atoms. The van der Waals surface area contributed by atoms with E-state index < -0.39 is 6.10 Å². The summed E-state index contributed by atoms with van der Waals surface area (Å²) in [5, 5.41) is 13.0. The summed E-state index contributed by atoms with van der Waals surface area (Å²) in [5.41, 5.74) is 1.47. The molecule has 1 aromatic rings. The van der Waals surface area contributed by atoms with E-state index >= 15 is 0 Å². The molecule has 0 aromatic heterocycles. The Morgan fingerprint density at radius 2 is 2.27 bits per heavy atom. The normalized spacial score (nSPS) is 21.3. The van der Waals surface area contributed by atoms with Crippen LogP contribution >= 0.6 is 11.6 Å². The number of β-amino-alcohol motifs (C(OH)–C–C–N with tert-alkyl or cyclic N) is 1. The Morgan fingerprint density at radius 1 is 1.47 bits per heavy atom. The third kappa shape index (κ3) is 2.37. The molecule has 1 aromatic carbocycles. The quantitative estimate of drug-likeness (QED) is 0.767. The van der Waals surface area contributed by atoms with Crippen LogP contribution < -0.4 is 5.32 Å². The first-order chi connectivity index (χ1) is 7.16. The van der Waals surface area contributed by atoms with Gasteiger partial charge in [0.05, 0.1) is 6.10 Å². The molecule has 1 aliphatic heterocycles. The van der Waals surface area contributed by atoms with E-state index in [1.807, 2.05) is 0 Å². The molecule has 80 valence electrons. The molecule has 1 aliphatic rings. The lowest BCUT2D eigenvalue weighted by Gasteiger charge is -2.19. The number of rotatable bonds is 1. The molecule has 2 nitrogen and oxygen atoms in total. The summed E-state index contributed by atoms with van der Waals surface area (Å²) in [5.74, 6) is -0.324. The van der Waals surface area contributed by atoms with Gasteiger partial charge in [-0.05, 0) is 29.8 Å². The molecule has 2 N–H and O–H groups in total. The minimum absolute atomic E-state index is 0.324. The fourth-order valence-corrected chi connectivity index (χ4v) is 1.87. The Morgan fingerprint density at radius 3 is 3.00 bits per heavy atom. The van der Waals surface area contributed by atoms with Gasteiger partial charge in [-0.1, -0.05) is 11.6 Å². The van der Waals surface area contributed by atoms with E-state index in [4.69, 9.17) is 11.6 Å². The molecule has 0 aliphatic carbocycles. The highest BCUT2D eigenvalue weighted by Crippen LogP contribution is 2.25. The van der Waals surface area contributed by atoms with E-state index in [9.17, 15) is 9.50 Å². The molecule has 0 spiro atoms. The Balaban J connectivity index is 2.40. The molecule has 1 heterocycles. The zero-order chi connectivity index (χ0) is 10.8. The van der Waals surface area contributed by atoms with Crippen molar-refractivity contribution >= 4 is 17.2 Å². The third-order valence-corrected chi connectivity index (χ3v) is 2.67. The van der Waals surface area contributed by atoms with Crippen molar-refractivity contribution in [2.45, 2.75) is 6.10 Å². The maximum atomic E-state index is 13.0. The molecule has 0 saturated heterocycles. The number of hydrogen-bond donors (Lipinski definition) is 2. The van der Waals surface area contributed by atoms with Crippen molar-refractivity contribution in [1.82, 2.24) is 5.32 Å². The maximum absolute atomic E-state index is 13.0. The minimum atomic E-state index is -0.534. The predicted molar refractivity (Wildman–Crippen MR) is 58.3 cm³/mol. The van der Waals surface area contributed by atoms with Gasteiger partial charge in [0.1, 0.15) is 5.82 Å². The number of nitrogens with one attached hydrogen (secondary N) is 1. The highest BCUT2D eigenvalue weighted by molar-refractivity contribution is 6.32. The highest BCUT2D eigenvalue weighted by atomic mass is 35.5. The molecule has 0 bridgehead atoms. The zero-order valence-electron chi connectivity index (χ0n) is 8.00. The summed E-state index contributed by atoms with van der Waals surface area (Å²) in [6.45, 7) is 1.12. The van der Waals surface area contributed by atoms with Crippen molar-refractivity contribution < 1.29 is 9.50 Å². The second-order valence-corrected chi connectivity index (χ2v) is 3.92. The average molecular weight is 228 g/mol. The summed E-state index contributed by atoms with van der Waals surface area (Å²) in [4.78, 5) is 0. The van der Waals surface area contributed by atoms with Gasteiger partial charge >= 0.3 is 0 Å². The van der Waals surface area contributed by atoms with Crippen LogP contribution in [0.2, 0.25) is 5.02 Å². The SMILES string of the molecule is OC1C=C(c2cc(F)ccc2Cl)CNC1. The summed E-state index contributed by atoms with van der Waals surface area (Å²) >= 11 is 5.96. The van der Waals surface area contributed by atoms with Gasteiger partial charge in [0.25, 0.3) is 0 Å². The fraction of sp³-hybridized carbons (Fsp3) is 0.273. The Kier molecular flexibility index (Phi) is 3.05. The summed E-state index contributed by atoms with van der Waals surface area (Å²) in [6.07, 6.45) is 1.17. The third-order valence-electron chi connectivity index (χ3n) is 2.34. The molecular formula is C11H11ClFNO. The van der Waals surface area contributed by atoms with Crippen molar-refractivity contribution in [3.8, 4) is 0 Å². The van der Waals surface area contributed by atoms with Crippen LogP contribution in [0.1, 0.15) is 5.56 Å². The van der Waals surface area contributed by atoms with Gasteiger partial charge in [-0.15, -0.1) is 0 Å². The maximum Gasteiger partial charge on any atom is 0.123 e. The van der Waals surface area contributed by atoms with Crippen LogP contribution in [-0.4, -0.2) is 24.3 Å². The van der Waals surface area contributed by atoms with E-state index in [-0.39, 0.29) is 5.82 Å². The van der Waals surface area contributed by atoms with Gasteiger partial charge < -0.3 is 10.4 Å². The number of hydrogen-bond acceptors (Lipinski definition) is 2. The monoisotopic (exact) mass is 227 g/mol. The first kappa shape index (κ1) is 10.6. The van der Waals surface area contributed by atoms with E-state index in [2.05, 4.69) is 5.32 Å². The van der Waals surface area contributed by atoms with E-state index in [0.717, 1.165) is 5.57 Å². The van der Waals surface area contributed by atoms with E-state index in [1.54, 1.807) is 6.08 Å². The van der Waals surface area contributed by atoms with Crippen LogP contribution in [0.15, 0.2) is 24.3 Å². The molecule has 0 radical (unpaired) electrons. The van der Waals surface area contributed by atoms with Gasteiger partial charge in [-0.25, -0.2) is 4.39 Å². The molecule has 0 amide bonds. The Labute approximate surface area is 92.4 Å². The van der Waals surface area contributed by atoms with Crippen molar-refractivity contribution in [1.29, 1.82) is 0 Å². The van der Waals surface area contributed by atoms with Gasteiger partial charge in [0.15, 0.2) is 0 Å². The van der Waals surface area contributed by atoms with Gasteiger partial charge in [0.2, 0.25) is 0 Å². The summed E-state index contributed by atoms with van der Waals surface area (Å²) in [7, 11) is 0. The van der Waals surface area contributed by atoms with Crippen LogP contribution in [0, 0.1) is 5.82 Å². The molecule has 0 fully saturated rings. The standard InChI is InChI=1S/C11H11ClFNO/c12-11-2-1-8(13)4-10(11)7-3-9(15)6-14-5-7/h1-4,9,14-15H,5-6H2. The van der Waals surface area contributed by atoms with Crippen LogP contribution in [0.3, 0.4) is 0 Å². The van der Waals surface area contributed by atoms with Crippen LogP contribution in [0.25, 0.3) is 5.57 Å². The Hall–Kier alpha value is -0.900. The lowest BCUT2D eigenvalue weighted by atomic mass is 10.0. The molecule has 4 heteroatoms. The zero-order valence-corrected chi connectivity index (χ0v) is 8.76. The smallest absolute Gasteiger partial charge is 0.123 e.